The summed E-state index contributed by atoms with van der Waals surface area (Å²) in [7, 11) is 1.14. The Morgan fingerprint density at radius 1 is 1.50 bits per heavy atom. The summed E-state index contributed by atoms with van der Waals surface area (Å²) in [6.45, 7) is 0.632. The highest BCUT2D eigenvalue weighted by atomic mass is 79.9. The first-order valence-corrected chi connectivity index (χ1v) is 5.92. The summed E-state index contributed by atoms with van der Waals surface area (Å²) in [6, 6.07) is 1.51. The Morgan fingerprint density at radius 2 is 2.17 bits per heavy atom. The Bertz CT molecular complexity index is 487. The van der Waals surface area contributed by atoms with Crippen LogP contribution < -0.4 is 9.47 Å². The molecule has 7 heteroatoms. The van der Waals surface area contributed by atoms with E-state index in [0.29, 0.717) is 16.8 Å². The maximum Gasteiger partial charge on any atom is 0.339 e. The Hall–Kier alpha value is -1.47. The monoisotopic (exact) mass is 318 g/mol. The number of carbonyl (C=O) groups is 1. The van der Waals surface area contributed by atoms with Gasteiger partial charge in [0.1, 0.15) is 19.0 Å². The van der Waals surface area contributed by atoms with Crippen LogP contribution in [0.15, 0.2) is 10.5 Å². The van der Waals surface area contributed by atoms with Gasteiger partial charge in [0.15, 0.2) is 17.6 Å². The van der Waals surface area contributed by atoms with Crippen molar-refractivity contribution in [1.29, 1.82) is 0 Å². The van der Waals surface area contributed by atoms with Crippen molar-refractivity contribution < 1.29 is 29.2 Å². The number of phenols is 1. The molecule has 1 aliphatic heterocycles. The average Bonchev–Trinajstić information content (AvgIpc) is 2.38. The molecule has 1 heterocycles. The minimum Gasteiger partial charge on any atom is -0.506 e. The lowest BCUT2D eigenvalue weighted by atomic mass is 10.1. The zero-order valence-corrected chi connectivity index (χ0v) is 11.1. The number of phenolic OH excluding ortho intramolecular Hbond substituents is 1. The zero-order chi connectivity index (χ0) is 13.3. The summed E-state index contributed by atoms with van der Waals surface area (Å²) in [5, 5.41) is 19.8. The van der Waals surface area contributed by atoms with Crippen LogP contribution in [0, 0.1) is 0 Å². The van der Waals surface area contributed by atoms with Gasteiger partial charge in [-0.05, 0) is 15.9 Å². The van der Waals surface area contributed by atoms with Crippen LogP contribution >= 0.6 is 15.9 Å². The van der Waals surface area contributed by atoms with Crippen LogP contribution in [0.1, 0.15) is 11.7 Å². The lowest BCUT2D eigenvalue weighted by molar-refractivity contribution is -0.150. The van der Waals surface area contributed by atoms with E-state index in [-0.39, 0.29) is 23.7 Å². The molecule has 1 aliphatic rings. The molecule has 0 saturated heterocycles. The molecule has 1 aromatic carbocycles. The number of aliphatic hydroxyl groups is 1. The molecular formula is C11H11BrO6. The van der Waals surface area contributed by atoms with Crippen molar-refractivity contribution in [3.05, 3.63) is 16.1 Å². The van der Waals surface area contributed by atoms with Crippen LogP contribution in [0.25, 0.3) is 0 Å². The Morgan fingerprint density at radius 3 is 2.83 bits per heavy atom. The molecular weight excluding hydrogens is 308 g/mol. The SMILES string of the molecule is COC(=O)C(O)c1c(O)c(Br)cc2c1OCCO2. The molecule has 0 bridgehead atoms. The molecule has 98 valence electrons. The maximum atomic E-state index is 11.4. The van der Waals surface area contributed by atoms with E-state index >= 15 is 0 Å². The van der Waals surface area contributed by atoms with Gasteiger partial charge in [-0.25, -0.2) is 4.79 Å². The normalized spacial score (nSPS) is 15.1. The molecule has 1 aromatic rings. The molecule has 2 rings (SSSR count). The number of fused-ring (bicyclic) bond motifs is 1. The first-order chi connectivity index (χ1) is 8.56. The van der Waals surface area contributed by atoms with Crippen LogP contribution in [-0.2, 0) is 9.53 Å². The van der Waals surface area contributed by atoms with Crippen LogP contribution in [0.2, 0.25) is 0 Å². The van der Waals surface area contributed by atoms with E-state index in [1.807, 2.05) is 0 Å². The van der Waals surface area contributed by atoms with E-state index in [1.165, 1.54) is 6.07 Å². The quantitative estimate of drug-likeness (QED) is 0.795. The van der Waals surface area contributed by atoms with E-state index < -0.39 is 12.1 Å². The molecule has 2 N–H and O–H groups in total. The van der Waals surface area contributed by atoms with Crippen molar-refractivity contribution in [2.45, 2.75) is 6.10 Å². The molecule has 0 saturated carbocycles. The number of esters is 1. The molecule has 0 aromatic heterocycles. The van der Waals surface area contributed by atoms with Gasteiger partial charge in [-0.3, -0.25) is 0 Å². The summed E-state index contributed by atoms with van der Waals surface area (Å²) >= 11 is 3.12. The van der Waals surface area contributed by atoms with Gasteiger partial charge < -0.3 is 24.4 Å². The molecule has 0 aliphatic carbocycles. The zero-order valence-electron chi connectivity index (χ0n) is 9.47. The van der Waals surface area contributed by atoms with E-state index in [4.69, 9.17) is 9.47 Å². The molecule has 1 atom stereocenters. The van der Waals surface area contributed by atoms with Crippen molar-refractivity contribution in [3.8, 4) is 17.2 Å². The summed E-state index contributed by atoms with van der Waals surface area (Å²) in [5.74, 6) is -0.666. The first-order valence-electron chi connectivity index (χ1n) is 5.13. The number of rotatable bonds is 2. The number of hydrogen-bond acceptors (Lipinski definition) is 6. The Kier molecular flexibility index (Phi) is 3.63. The van der Waals surface area contributed by atoms with Crippen molar-refractivity contribution in [2.24, 2.45) is 0 Å². The highest BCUT2D eigenvalue weighted by Crippen LogP contribution is 2.46. The van der Waals surface area contributed by atoms with Crippen LogP contribution in [0.4, 0.5) is 0 Å². The topological polar surface area (TPSA) is 85.2 Å². The van der Waals surface area contributed by atoms with Gasteiger partial charge in [-0.1, -0.05) is 0 Å². The van der Waals surface area contributed by atoms with Crippen LogP contribution in [0.5, 0.6) is 17.2 Å². The maximum absolute atomic E-state index is 11.4. The number of benzene rings is 1. The third-order valence-corrected chi connectivity index (χ3v) is 3.10. The van der Waals surface area contributed by atoms with Gasteiger partial charge in [0.25, 0.3) is 0 Å². The number of hydrogen-bond donors (Lipinski definition) is 2. The molecule has 0 amide bonds. The largest absolute Gasteiger partial charge is 0.506 e. The van der Waals surface area contributed by atoms with E-state index in [2.05, 4.69) is 20.7 Å². The molecule has 0 radical (unpaired) electrons. The second kappa shape index (κ2) is 5.03. The minimum absolute atomic E-state index is 0.0640. The van der Waals surface area contributed by atoms with Crippen LogP contribution in [0.3, 0.4) is 0 Å². The van der Waals surface area contributed by atoms with Gasteiger partial charge in [-0.2, -0.15) is 0 Å². The Labute approximate surface area is 111 Å². The predicted octanol–water partition coefficient (Wildman–Crippen LogP) is 1.13. The van der Waals surface area contributed by atoms with E-state index in [1.54, 1.807) is 0 Å². The van der Waals surface area contributed by atoms with Gasteiger partial charge in [-0.15, -0.1) is 0 Å². The smallest absolute Gasteiger partial charge is 0.339 e. The summed E-state index contributed by atoms with van der Waals surface area (Å²) in [6.07, 6.45) is -1.64. The summed E-state index contributed by atoms with van der Waals surface area (Å²) < 4.78 is 15.4. The number of aromatic hydroxyl groups is 1. The minimum atomic E-state index is -1.64. The fourth-order valence-corrected chi connectivity index (χ4v) is 2.07. The van der Waals surface area contributed by atoms with Gasteiger partial charge >= 0.3 is 5.97 Å². The number of ether oxygens (including phenoxy) is 3. The highest BCUT2D eigenvalue weighted by Gasteiger charge is 2.31. The lowest BCUT2D eigenvalue weighted by Crippen LogP contribution is -2.20. The van der Waals surface area contributed by atoms with Gasteiger partial charge in [0, 0.05) is 6.07 Å². The fraction of sp³-hybridized carbons (Fsp3) is 0.364. The van der Waals surface area contributed by atoms with Gasteiger partial charge in [0.05, 0.1) is 17.1 Å². The van der Waals surface area contributed by atoms with E-state index in [0.717, 1.165) is 7.11 Å². The van der Waals surface area contributed by atoms with Crippen molar-refractivity contribution in [3.63, 3.8) is 0 Å². The summed E-state index contributed by atoms with van der Waals surface area (Å²) in [4.78, 5) is 11.4. The highest BCUT2D eigenvalue weighted by molar-refractivity contribution is 9.10. The predicted molar refractivity (Wildman–Crippen MR) is 63.8 cm³/mol. The number of aliphatic hydroxyl groups excluding tert-OH is 1. The molecule has 18 heavy (non-hydrogen) atoms. The molecule has 0 spiro atoms. The third kappa shape index (κ3) is 2.11. The first kappa shape index (κ1) is 13.0. The second-order valence-electron chi connectivity index (χ2n) is 3.57. The summed E-state index contributed by atoms with van der Waals surface area (Å²) in [5.41, 5.74) is -0.0640. The third-order valence-electron chi connectivity index (χ3n) is 2.49. The van der Waals surface area contributed by atoms with Gasteiger partial charge in [0.2, 0.25) is 0 Å². The fourth-order valence-electron chi connectivity index (χ4n) is 1.65. The number of methoxy groups -OCH3 is 1. The van der Waals surface area contributed by atoms with Crippen molar-refractivity contribution in [2.75, 3.05) is 20.3 Å². The van der Waals surface area contributed by atoms with Crippen molar-refractivity contribution in [1.82, 2.24) is 0 Å². The number of halogens is 1. The van der Waals surface area contributed by atoms with E-state index in [9.17, 15) is 15.0 Å². The standard InChI is InChI=1S/C11H11BrO6/c1-16-11(15)9(14)7-8(13)5(12)4-6-10(7)18-3-2-17-6/h4,9,13-14H,2-3H2,1H3. The van der Waals surface area contributed by atoms with Crippen LogP contribution in [-0.4, -0.2) is 36.5 Å². The average molecular weight is 319 g/mol. The molecule has 6 nitrogen and oxygen atoms in total. The number of carbonyl (C=O) groups excluding carboxylic acids is 1. The second-order valence-corrected chi connectivity index (χ2v) is 4.42. The van der Waals surface area contributed by atoms with Crippen molar-refractivity contribution >= 4 is 21.9 Å². The molecule has 1 unspecified atom stereocenters. The lowest BCUT2D eigenvalue weighted by Gasteiger charge is -2.23. The Balaban J connectivity index is 2.56. The molecule has 0 fully saturated rings.